The number of halogens is 13. The minimum Gasteiger partial charge on any atom is -0.250 e. The van der Waals surface area contributed by atoms with Crippen molar-refractivity contribution in [1.82, 2.24) is 5.32 Å². The zero-order chi connectivity index (χ0) is 21.1. The van der Waals surface area contributed by atoms with Crippen molar-refractivity contribution in [3.8, 4) is 0 Å². The van der Waals surface area contributed by atoms with Gasteiger partial charge in [-0.25, -0.2) is 22.9 Å². The predicted octanol–water partition coefficient (Wildman–Crippen LogP) is 5.15. The highest BCUT2D eigenvalue weighted by Gasteiger charge is 2.81. The molecule has 0 amide bonds. The molecule has 26 heavy (non-hydrogen) atoms. The SMILES string of the molecule is CC(F)C(F)CCC(F)C(F)CNC(F)(F)C(F)(F)C(F)(F)C(F)(F)F. The number of alkyl halides is 13. The van der Waals surface area contributed by atoms with Crippen molar-refractivity contribution in [2.45, 2.75) is 68.5 Å². The Morgan fingerprint density at radius 3 is 1.46 bits per heavy atom. The van der Waals surface area contributed by atoms with E-state index >= 15 is 0 Å². The van der Waals surface area contributed by atoms with Crippen molar-refractivity contribution in [2.75, 3.05) is 6.54 Å². The third kappa shape index (κ3) is 5.52. The minimum atomic E-state index is -7.17. The van der Waals surface area contributed by atoms with Crippen LogP contribution in [0.2, 0.25) is 0 Å². The van der Waals surface area contributed by atoms with E-state index in [-0.39, 0.29) is 5.32 Å². The largest absolute Gasteiger partial charge is 0.460 e. The topological polar surface area (TPSA) is 12.0 Å². The van der Waals surface area contributed by atoms with E-state index in [9.17, 15) is 57.1 Å². The van der Waals surface area contributed by atoms with E-state index in [1.54, 1.807) is 0 Å². The normalized spacial score (nSPS) is 19.2. The lowest BCUT2D eigenvalue weighted by molar-refractivity contribution is -0.400. The number of hydrogen-bond donors (Lipinski definition) is 1. The van der Waals surface area contributed by atoms with Gasteiger partial charge >= 0.3 is 24.1 Å². The van der Waals surface area contributed by atoms with Gasteiger partial charge in [0.2, 0.25) is 0 Å². The first-order valence-electron chi connectivity index (χ1n) is 6.90. The standard InChI is InChI=1S/C12H14F13N/c1-5(13)6(14)2-3-7(15)8(16)4-26-12(24,25)10(19,20)9(17,18)11(21,22)23/h5-8,26H,2-4H2,1H3. The van der Waals surface area contributed by atoms with Gasteiger partial charge in [0.05, 0.1) is 0 Å². The van der Waals surface area contributed by atoms with E-state index in [4.69, 9.17) is 0 Å². The summed E-state index contributed by atoms with van der Waals surface area (Å²) < 4.78 is 164. The van der Waals surface area contributed by atoms with Gasteiger partial charge in [-0.3, -0.25) is 0 Å². The molecule has 0 aliphatic heterocycles. The van der Waals surface area contributed by atoms with E-state index < -0.39 is 68.1 Å². The third-order valence-corrected chi connectivity index (χ3v) is 3.27. The van der Waals surface area contributed by atoms with E-state index in [2.05, 4.69) is 0 Å². The molecule has 0 fully saturated rings. The molecule has 4 unspecified atom stereocenters. The highest BCUT2D eigenvalue weighted by atomic mass is 19.4. The van der Waals surface area contributed by atoms with Gasteiger partial charge in [-0.15, -0.1) is 0 Å². The van der Waals surface area contributed by atoms with Gasteiger partial charge in [-0.1, -0.05) is 0 Å². The summed E-state index contributed by atoms with van der Waals surface area (Å²) in [5.41, 5.74) is 0. The molecule has 0 rings (SSSR count). The Morgan fingerprint density at radius 1 is 0.654 bits per heavy atom. The molecule has 0 bridgehead atoms. The second kappa shape index (κ2) is 8.38. The molecule has 0 aliphatic rings. The van der Waals surface area contributed by atoms with Gasteiger partial charge < -0.3 is 0 Å². The van der Waals surface area contributed by atoms with Crippen LogP contribution in [-0.2, 0) is 0 Å². The first-order chi connectivity index (χ1) is 11.4. The third-order valence-electron chi connectivity index (χ3n) is 3.27. The van der Waals surface area contributed by atoms with Crippen LogP contribution in [0.5, 0.6) is 0 Å². The van der Waals surface area contributed by atoms with E-state index in [0.29, 0.717) is 0 Å². The van der Waals surface area contributed by atoms with Crippen LogP contribution in [-0.4, -0.2) is 55.3 Å². The Bertz CT molecular complexity index is 433. The smallest absolute Gasteiger partial charge is 0.250 e. The molecule has 0 heterocycles. The highest BCUT2D eigenvalue weighted by molar-refractivity contribution is 4.99. The lowest BCUT2D eigenvalue weighted by Gasteiger charge is -2.34. The van der Waals surface area contributed by atoms with Crippen molar-refractivity contribution >= 4 is 0 Å². The molecule has 1 N–H and O–H groups in total. The lowest BCUT2D eigenvalue weighted by atomic mass is 10.1. The van der Waals surface area contributed by atoms with Crippen LogP contribution in [0.3, 0.4) is 0 Å². The molecule has 0 aromatic rings. The second-order valence-electron chi connectivity index (χ2n) is 5.40. The molecular weight excluding hydrogens is 405 g/mol. The maximum absolute atomic E-state index is 13.3. The Morgan fingerprint density at radius 2 is 1.08 bits per heavy atom. The van der Waals surface area contributed by atoms with Gasteiger partial charge in [0.15, 0.2) is 0 Å². The minimum absolute atomic E-state index is 0.122. The number of hydrogen-bond acceptors (Lipinski definition) is 1. The van der Waals surface area contributed by atoms with Gasteiger partial charge in [0, 0.05) is 6.54 Å². The van der Waals surface area contributed by atoms with Crippen molar-refractivity contribution in [2.24, 2.45) is 0 Å². The van der Waals surface area contributed by atoms with Gasteiger partial charge in [0.25, 0.3) is 0 Å². The van der Waals surface area contributed by atoms with E-state index in [1.807, 2.05) is 0 Å². The Balaban J connectivity index is 4.90. The molecule has 14 heteroatoms. The Hall–Kier alpha value is -0.950. The molecule has 0 aromatic carbocycles. The van der Waals surface area contributed by atoms with Gasteiger partial charge in [0.1, 0.15) is 24.7 Å². The molecule has 0 radical (unpaired) electrons. The van der Waals surface area contributed by atoms with Crippen molar-refractivity contribution in [3.05, 3.63) is 0 Å². The first-order valence-corrected chi connectivity index (χ1v) is 6.90. The van der Waals surface area contributed by atoms with Crippen LogP contribution in [0.1, 0.15) is 19.8 Å². The lowest BCUT2D eigenvalue weighted by Crippen LogP contribution is -2.66. The summed E-state index contributed by atoms with van der Waals surface area (Å²) in [5, 5.41) is 0.122. The maximum Gasteiger partial charge on any atom is 0.460 e. The molecule has 0 aromatic heterocycles. The molecule has 158 valence electrons. The highest BCUT2D eigenvalue weighted by Crippen LogP contribution is 2.52. The van der Waals surface area contributed by atoms with E-state index in [1.165, 1.54) is 0 Å². The zero-order valence-corrected chi connectivity index (χ0v) is 12.8. The Labute approximate surface area is 138 Å². The number of nitrogens with one attached hydrogen (secondary N) is 1. The monoisotopic (exact) mass is 419 g/mol. The fourth-order valence-corrected chi connectivity index (χ4v) is 1.57. The molecule has 0 saturated carbocycles. The Kier molecular flexibility index (Phi) is 8.07. The predicted molar refractivity (Wildman–Crippen MR) is 63.4 cm³/mol. The van der Waals surface area contributed by atoms with Crippen molar-refractivity contribution in [3.63, 3.8) is 0 Å². The average Bonchev–Trinajstić information content (AvgIpc) is 2.48. The fraction of sp³-hybridized carbons (Fsp3) is 1.00. The van der Waals surface area contributed by atoms with Crippen LogP contribution in [0.25, 0.3) is 0 Å². The summed E-state index contributed by atoms with van der Waals surface area (Å²) in [6, 6.07) is -6.26. The molecule has 1 nitrogen and oxygen atoms in total. The molecule has 0 saturated heterocycles. The van der Waals surface area contributed by atoms with Gasteiger partial charge in [-0.05, 0) is 19.8 Å². The van der Waals surface area contributed by atoms with Gasteiger partial charge in [-0.2, -0.15) is 39.5 Å². The van der Waals surface area contributed by atoms with Crippen molar-refractivity contribution < 1.29 is 57.1 Å². The van der Waals surface area contributed by atoms with Crippen LogP contribution >= 0.6 is 0 Å². The molecule has 0 aliphatic carbocycles. The summed E-state index contributed by atoms with van der Waals surface area (Å²) in [4.78, 5) is 0. The van der Waals surface area contributed by atoms with Crippen LogP contribution < -0.4 is 5.32 Å². The first kappa shape index (κ1) is 25.1. The second-order valence-corrected chi connectivity index (χ2v) is 5.40. The van der Waals surface area contributed by atoms with Crippen LogP contribution in [0.4, 0.5) is 57.1 Å². The summed E-state index contributed by atoms with van der Waals surface area (Å²) in [7, 11) is 0. The molecular formula is C12H14F13N. The molecule has 4 atom stereocenters. The maximum atomic E-state index is 13.3. The fourth-order valence-electron chi connectivity index (χ4n) is 1.57. The average molecular weight is 419 g/mol. The van der Waals surface area contributed by atoms with Crippen LogP contribution in [0, 0.1) is 0 Å². The molecule has 0 spiro atoms. The van der Waals surface area contributed by atoms with E-state index in [0.717, 1.165) is 6.92 Å². The summed E-state index contributed by atoms with van der Waals surface area (Å²) >= 11 is 0. The quantitative estimate of drug-likeness (QED) is 0.381. The summed E-state index contributed by atoms with van der Waals surface area (Å²) in [6.07, 6.45) is -19.2. The van der Waals surface area contributed by atoms with Crippen LogP contribution in [0.15, 0.2) is 0 Å². The number of rotatable bonds is 10. The van der Waals surface area contributed by atoms with Crippen molar-refractivity contribution in [1.29, 1.82) is 0 Å². The summed E-state index contributed by atoms with van der Waals surface area (Å²) in [6.45, 7) is -1.34. The summed E-state index contributed by atoms with van der Waals surface area (Å²) in [5.74, 6) is -14.2. The zero-order valence-electron chi connectivity index (χ0n) is 12.8.